The normalized spacial score (nSPS) is 13.0. The van der Waals surface area contributed by atoms with E-state index in [1.165, 1.54) is 4.88 Å². The van der Waals surface area contributed by atoms with E-state index in [-0.39, 0.29) is 6.04 Å². The fraction of sp³-hybridized carbons (Fsp3) is 0.250. The third kappa shape index (κ3) is 1.55. The number of anilines is 1. The van der Waals surface area contributed by atoms with Gasteiger partial charge in [0.1, 0.15) is 0 Å². The summed E-state index contributed by atoms with van der Waals surface area (Å²) in [5.41, 5.74) is 8.08. The molecule has 0 saturated heterocycles. The van der Waals surface area contributed by atoms with Crippen molar-refractivity contribution in [3.8, 4) is 0 Å². The summed E-state index contributed by atoms with van der Waals surface area (Å²) < 4.78 is 1.84. The van der Waals surface area contributed by atoms with Crippen molar-refractivity contribution < 1.29 is 0 Å². The van der Waals surface area contributed by atoms with Crippen LogP contribution in [0.4, 0.5) is 5.69 Å². The molecular formula is C8H10N4S. The lowest BCUT2D eigenvalue weighted by Gasteiger charge is -2.08. The highest BCUT2D eigenvalue weighted by Gasteiger charge is 2.09. The predicted octanol–water partition coefficient (Wildman–Crippen LogP) is 1.53. The standard InChI is InChI=1S/C8H10N4S/c1-6(8-3-10-5-13-8)12-4-7(9)2-11-12/h2-6H,9H2,1H3. The second kappa shape index (κ2) is 3.18. The molecule has 0 aliphatic carbocycles. The summed E-state index contributed by atoms with van der Waals surface area (Å²) in [5.74, 6) is 0. The number of aromatic nitrogens is 3. The van der Waals surface area contributed by atoms with Crippen LogP contribution in [0.2, 0.25) is 0 Å². The Labute approximate surface area is 80.0 Å². The quantitative estimate of drug-likeness (QED) is 0.788. The molecule has 0 spiro atoms. The van der Waals surface area contributed by atoms with E-state index in [0.29, 0.717) is 5.69 Å². The number of nitrogens with two attached hydrogens (primary N) is 1. The lowest BCUT2D eigenvalue weighted by atomic mass is 10.3. The molecule has 0 amide bonds. The summed E-state index contributed by atoms with van der Waals surface area (Å²) in [6.07, 6.45) is 5.33. The number of thiazole rings is 1. The van der Waals surface area contributed by atoms with Gasteiger partial charge in [-0.2, -0.15) is 5.10 Å². The SMILES string of the molecule is CC(c1cncs1)n1cc(N)cn1. The molecule has 0 bridgehead atoms. The van der Waals surface area contributed by atoms with Gasteiger partial charge in [-0.1, -0.05) is 0 Å². The van der Waals surface area contributed by atoms with Crippen LogP contribution in [0, 0.1) is 0 Å². The van der Waals surface area contributed by atoms with Crippen LogP contribution in [0.1, 0.15) is 17.8 Å². The molecule has 4 nitrogen and oxygen atoms in total. The monoisotopic (exact) mass is 194 g/mol. The fourth-order valence-electron chi connectivity index (χ4n) is 1.13. The van der Waals surface area contributed by atoms with Gasteiger partial charge < -0.3 is 5.73 Å². The minimum atomic E-state index is 0.213. The van der Waals surface area contributed by atoms with Crippen molar-refractivity contribution in [2.24, 2.45) is 0 Å². The highest BCUT2D eigenvalue weighted by molar-refractivity contribution is 7.09. The third-order valence-electron chi connectivity index (χ3n) is 1.88. The van der Waals surface area contributed by atoms with Crippen molar-refractivity contribution >= 4 is 17.0 Å². The Morgan fingerprint density at radius 3 is 2.92 bits per heavy atom. The van der Waals surface area contributed by atoms with E-state index >= 15 is 0 Å². The summed E-state index contributed by atoms with van der Waals surface area (Å²) in [7, 11) is 0. The van der Waals surface area contributed by atoms with Crippen LogP contribution >= 0.6 is 11.3 Å². The molecule has 0 saturated carbocycles. The van der Waals surface area contributed by atoms with Crippen molar-refractivity contribution in [3.05, 3.63) is 29.0 Å². The van der Waals surface area contributed by atoms with Crippen LogP contribution in [0.3, 0.4) is 0 Å². The van der Waals surface area contributed by atoms with Gasteiger partial charge in [0.25, 0.3) is 0 Å². The average molecular weight is 194 g/mol. The Hall–Kier alpha value is -1.36. The molecule has 68 valence electrons. The largest absolute Gasteiger partial charge is 0.396 e. The summed E-state index contributed by atoms with van der Waals surface area (Å²) in [5, 5.41) is 4.14. The van der Waals surface area contributed by atoms with E-state index < -0.39 is 0 Å². The van der Waals surface area contributed by atoms with E-state index in [1.807, 2.05) is 22.6 Å². The fourth-order valence-corrected chi connectivity index (χ4v) is 1.80. The van der Waals surface area contributed by atoms with Crippen molar-refractivity contribution in [1.82, 2.24) is 14.8 Å². The van der Waals surface area contributed by atoms with Crippen molar-refractivity contribution in [3.63, 3.8) is 0 Å². The summed E-state index contributed by atoms with van der Waals surface area (Å²) in [6.45, 7) is 2.07. The minimum absolute atomic E-state index is 0.213. The van der Waals surface area contributed by atoms with Crippen LogP contribution in [0.15, 0.2) is 24.1 Å². The van der Waals surface area contributed by atoms with Gasteiger partial charge in [0.2, 0.25) is 0 Å². The first-order chi connectivity index (χ1) is 6.27. The Bertz CT molecular complexity index is 379. The van der Waals surface area contributed by atoms with Gasteiger partial charge >= 0.3 is 0 Å². The van der Waals surface area contributed by atoms with Crippen molar-refractivity contribution in [2.45, 2.75) is 13.0 Å². The molecule has 1 atom stereocenters. The Kier molecular flexibility index (Phi) is 2.02. The number of hydrogen-bond acceptors (Lipinski definition) is 4. The molecule has 13 heavy (non-hydrogen) atoms. The van der Waals surface area contributed by atoms with E-state index in [1.54, 1.807) is 17.5 Å². The van der Waals surface area contributed by atoms with E-state index in [4.69, 9.17) is 5.73 Å². The molecule has 2 heterocycles. The highest BCUT2D eigenvalue weighted by Crippen LogP contribution is 2.20. The van der Waals surface area contributed by atoms with Crippen molar-refractivity contribution in [2.75, 3.05) is 5.73 Å². The molecule has 2 N–H and O–H groups in total. The number of hydrogen-bond donors (Lipinski definition) is 1. The second-order valence-corrected chi connectivity index (χ2v) is 3.75. The smallest absolute Gasteiger partial charge is 0.0849 e. The predicted molar refractivity (Wildman–Crippen MR) is 52.6 cm³/mol. The van der Waals surface area contributed by atoms with Crippen molar-refractivity contribution in [1.29, 1.82) is 0 Å². The van der Waals surface area contributed by atoms with Gasteiger partial charge in [0.15, 0.2) is 0 Å². The van der Waals surface area contributed by atoms with Crippen LogP contribution in [-0.4, -0.2) is 14.8 Å². The molecule has 2 aromatic heterocycles. The zero-order valence-corrected chi connectivity index (χ0v) is 8.03. The number of rotatable bonds is 2. The van der Waals surface area contributed by atoms with E-state index in [2.05, 4.69) is 17.0 Å². The van der Waals surface area contributed by atoms with E-state index in [0.717, 1.165) is 0 Å². The maximum Gasteiger partial charge on any atom is 0.0849 e. The van der Waals surface area contributed by atoms with E-state index in [9.17, 15) is 0 Å². The zero-order chi connectivity index (χ0) is 9.26. The summed E-state index contributed by atoms with van der Waals surface area (Å²) in [4.78, 5) is 5.21. The molecule has 2 aromatic rings. The van der Waals surface area contributed by atoms with Crippen LogP contribution in [-0.2, 0) is 0 Å². The van der Waals surface area contributed by atoms with Crippen LogP contribution in [0.5, 0.6) is 0 Å². The second-order valence-electron chi connectivity index (χ2n) is 2.83. The number of nitrogens with zero attached hydrogens (tertiary/aromatic N) is 3. The molecule has 2 rings (SSSR count). The lowest BCUT2D eigenvalue weighted by Crippen LogP contribution is -2.05. The topological polar surface area (TPSA) is 56.7 Å². The molecule has 0 aliphatic heterocycles. The molecule has 0 radical (unpaired) electrons. The lowest BCUT2D eigenvalue weighted by molar-refractivity contribution is 0.572. The highest BCUT2D eigenvalue weighted by atomic mass is 32.1. The van der Waals surface area contributed by atoms with Gasteiger partial charge in [0.05, 0.1) is 23.4 Å². The molecule has 5 heteroatoms. The Morgan fingerprint density at radius 1 is 1.54 bits per heavy atom. The zero-order valence-electron chi connectivity index (χ0n) is 7.21. The molecule has 0 aromatic carbocycles. The average Bonchev–Trinajstić information content (AvgIpc) is 2.72. The first-order valence-corrected chi connectivity index (χ1v) is 4.83. The van der Waals surface area contributed by atoms with Crippen LogP contribution < -0.4 is 5.73 Å². The summed E-state index contributed by atoms with van der Waals surface area (Å²) >= 11 is 1.62. The van der Waals surface area contributed by atoms with Gasteiger partial charge in [-0.3, -0.25) is 9.67 Å². The number of nitrogen functional groups attached to an aromatic ring is 1. The maximum atomic E-state index is 5.57. The Balaban J connectivity index is 2.28. The van der Waals surface area contributed by atoms with Gasteiger partial charge in [-0.15, -0.1) is 11.3 Å². The van der Waals surface area contributed by atoms with Gasteiger partial charge in [-0.25, -0.2) is 0 Å². The molecular weight excluding hydrogens is 184 g/mol. The third-order valence-corrected chi connectivity index (χ3v) is 2.83. The van der Waals surface area contributed by atoms with Crippen LogP contribution in [0.25, 0.3) is 0 Å². The summed E-state index contributed by atoms with van der Waals surface area (Å²) in [6, 6.07) is 0.213. The minimum Gasteiger partial charge on any atom is -0.396 e. The van der Waals surface area contributed by atoms with Gasteiger partial charge in [0, 0.05) is 17.3 Å². The molecule has 0 fully saturated rings. The first-order valence-electron chi connectivity index (χ1n) is 3.95. The van der Waals surface area contributed by atoms with Gasteiger partial charge in [-0.05, 0) is 6.92 Å². The molecule has 0 aliphatic rings. The molecule has 1 unspecified atom stereocenters. The maximum absolute atomic E-state index is 5.57. The Morgan fingerprint density at radius 2 is 2.38 bits per heavy atom. The first kappa shape index (κ1) is 8.25.